The Morgan fingerprint density at radius 3 is 2.71 bits per heavy atom. The summed E-state index contributed by atoms with van der Waals surface area (Å²) in [5.74, 6) is -0.259. The number of benzene rings is 2. The van der Waals surface area contributed by atoms with Gasteiger partial charge in [-0.3, -0.25) is 10.1 Å². The van der Waals surface area contributed by atoms with Crippen LogP contribution in [0, 0.1) is 15.9 Å². The molecule has 0 heterocycles. The van der Waals surface area contributed by atoms with Gasteiger partial charge >= 0.3 is 5.69 Å². The first-order valence-corrected chi connectivity index (χ1v) is 6.85. The van der Waals surface area contributed by atoms with Crippen LogP contribution < -0.4 is 10.1 Å². The van der Waals surface area contributed by atoms with Crippen molar-refractivity contribution < 1.29 is 14.1 Å². The summed E-state index contributed by atoms with van der Waals surface area (Å²) >= 11 is 3.41. The zero-order valence-corrected chi connectivity index (χ0v) is 12.7. The minimum absolute atomic E-state index is 0.00494. The van der Waals surface area contributed by atoms with Crippen molar-refractivity contribution in [3.63, 3.8) is 0 Å². The molecule has 2 rings (SSSR count). The molecule has 0 atom stereocenters. The van der Waals surface area contributed by atoms with Gasteiger partial charge in [-0.05, 0) is 36.9 Å². The monoisotopic (exact) mass is 354 g/mol. The lowest BCUT2D eigenvalue weighted by Crippen LogP contribution is -2.05. The Morgan fingerprint density at radius 2 is 2.10 bits per heavy atom. The summed E-state index contributed by atoms with van der Waals surface area (Å²) in [5, 5.41) is 13.9. The molecule has 1 N–H and O–H groups in total. The molecule has 0 saturated heterocycles. The van der Waals surface area contributed by atoms with E-state index in [0.717, 1.165) is 22.2 Å². The largest absolute Gasteiger partial charge is 0.450 e. The number of hydrogen-bond donors (Lipinski definition) is 1. The van der Waals surface area contributed by atoms with Crippen LogP contribution >= 0.6 is 15.9 Å². The Bertz CT molecular complexity index is 679. The van der Waals surface area contributed by atoms with Crippen LogP contribution in [0.15, 0.2) is 40.9 Å². The van der Waals surface area contributed by atoms with Crippen molar-refractivity contribution in [1.29, 1.82) is 0 Å². The molecule has 2 aromatic carbocycles. The summed E-state index contributed by atoms with van der Waals surface area (Å²) in [6.07, 6.45) is 0. The van der Waals surface area contributed by atoms with Crippen LogP contribution in [-0.4, -0.2) is 12.0 Å². The molecule has 0 aromatic heterocycles. The van der Waals surface area contributed by atoms with Crippen LogP contribution in [0.2, 0.25) is 0 Å². The average Bonchev–Trinajstić information content (AvgIpc) is 2.44. The van der Waals surface area contributed by atoms with E-state index in [-0.39, 0.29) is 5.75 Å². The van der Waals surface area contributed by atoms with Crippen LogP contribution in [-0.2, 0) is 6.54 Å². The standard InChI is InChI=1S/C14H12BrFN2O3/c1-17-8-9-2-4-11(7-12(9)15)21-14-5-3-10(16)6-13(14)18(19)20/h2-7,17H,8H2,1H3. The van der Waals surface area contributed by atoms with Gasteiger partial charge in [0.25, 0.3) is 0 Å². The first-order chi connectivity index (χ1) is 10.0. The molecule has 0 aliphatic rings. The number of hydrogen-bond acceptors (Lipinski definition) is 4. The second-order valence-corrected chi connectivity index (χ2v) is 5.11. The van der Waals surface area contributed by atoms with Crippen molar-refractivity contribution in [3.8, 4) is 11.5 Å². The number of nitrogens with zero attached hydrogens (tertiary/aromatic N) is 1. The molecule has 0 saturated carbocycles. The molecule has 21 heavy (non-hydrogen) atoms. The highest BCUT2D eigenvalue weighted by molar-refractivity contribution is 9.10. The maximum atomic E-state index is 13.1. The molecule has 0 amide bonds. The molecule has 2 aromatic rings. The SMILES string of the molecule is CNCc1ccc(Oc2ccc(F)cc2[N+](=O)[O-])cc1Br. The van der Waals surface area contributed by atoms with E-state index in [2.05, 4.69) is 21.2 Å². The van der Waals surface area contributed by atoms with E-state index in [1.807, 2.05) is 13.1 Å². The highest BCUT2D eigenvalue weighted by Crippen LogP contribution is 2.33. The highest BCUT2D eigenvalue weighted by atomic mass is 79.9. The summed E-state index contributed by atoms with van der Waals surface area (Å²) in [7, 11) is 1.83. The van der Waals surface area contributed by atoms with Crippen LogP contribution in [0.1, 0.15) is 5.56 Å². The van der Waals surface area contributed by atoms with Crippen molar-refractivity contribution in [2.45, 2.75) is 6.54 Å². The van der Waals surface area contributed by atoms with Gasteiger partial charge in [0.05, 0.1) is 11.0 Å². The smallest absolute Gasteiger partial charge is 0.314 e. The van der Waals surface area contributed by atoms with Gasteiger partial charge in [0.15, 0.2) is 0 Å². The summed E-state index contributed by atoms with van der Waals surface area (Å²) in [5.41, 5.74) is 0.615. The van der Waals surface area contributed by atoms with Gasteiger partial charge in [-0.1, -0.05) is 22.0 Å². The molecule has 0 unspecified atom stereocenters. The number of nitro benzene ring substituents is 1. The van der Waals surface area contributed by atoms with E-state index < -0.39 is 16.4 Å². The minimum atomic E-state index is -0.681. The van der Waals surface area contributed by atoms with Crippen LogP contribution in [0.3, 0.4) is 0 Å². The number of ether oxygens (including phenoxy) is 1. The van der Waals surface area contributed by atoms with Gasteiger partial charge in [0.2, 0.25) is 5.75 Å². The Hall–Kier alpha value is -1.99. The molecule has 7 heteroatoms. The fraction of sp³-hybridized carbons (Fsp3) is 0.143. The molecule has 0 bridgehead atoms. The highest BCUT2D eigenvalue weighted by Gasteiger charge is 2.17. The van der Waals surface area contributed by atoms with Crippen molar-refractivity contribution in [3.05, 3.63) is 62.4 Å². The molecule has 0 spiro atoms. The average molecular weight is 355 g/mol. The van der Waals surface area contributed by atoms with Gasteiger partial charge in [-0.25, -0.2) is 4.39 Å². The van der Waals surface area contributed by atoms with Crippen LogP contribution in [0.25, 0.3) is 0 Å². The zero-order chi connectivity index (χ0) is 15.4. The Morgan fingerprint density at radius 1 is 1.33 bits per heavy atom. The fourth-order valence-corrected chi connectivity index (χ4v) is 2.27. The molecule has 110 valence electrons. The molecule has 0 radical (unpaired) electrons. The Labute approximate surface area is 129 Å². The zero-order valence-electron chi connectivity index (χ0n) is 11.1. The maximum absolute atomic E-state index is 13.1. The quantitative estimate of drug-likeness (QED) is 0.650. The second-order valence-electron chi connectivity index (χ2n) is 4.25. The molecule has 0 aliphatic heterocycles. The van der Waals surface area contributed by atoms with Crippen molar-refractivity contribution >= 4 is 21.6 Å². The Balaban J connectivity index is 2.30. The van der Waals surface area contributed by atoms with Crippen LogP contribution in [0.5, 0.6) is 11.5 Å². The van der Waals surface area contributed by atoms with E-state index in [0.29, 0.717) is 12.3 Å². The third-order valence-electron chi connectivity index (χ3n) is 2.74. The van der Waals surface area contributed by atoms with E-state index in [1.165, 1.54) is 6.07 Å². The summed E-state index contributed by atoms with van der Waals surface area (Å²) in [4.78, 5) is 10.2. The number of nitro groups is 1. The lowest BCUT2D eigenvalue weighted by Gasteiger charge is -2.09. The minimum Gasteiger partial charge on any atom is -0.450 e. The first-order valence-electron chi connectivity index (χ1n) is 6.06. The van der Waals surface area contributed by atoms with Crippen LogP contribution in [0.4, 0.5) is 10.1 Å². The van der Waals surface area contributed by atoms with Crippen molar-refractivity contribution in [2.75, 3.05) is 7.05 Å². The maximum Gasteiger partial charge on any atom is 0.314 e. The lowest BCUT2D eigenvalue weighted by molar-refractivity contribution is -0.385. The van der Waals surface area contributed by atoms with Crippen molar-refractivity contribution in [2.24, 2.45) is 0 Å². The summed E-state index contributed by atoms with van der Waals surface area (Å²) < 4.78 is 19.4. The third-order valence-corrected chi connectivity index (χ3v) is 3.48. The molecule has 0 aliphatic carbocycles. The first kappa shape index (κ1) is 15.4. The van der Waals surface area contributed by atoms with Gasteiger partial charge < -0.3 is 10.1 Å². The van der Waals surface area contributed by atoms with Gasteiger partial charge in [0.1, 0.15) is 11.6 Å². The van der Waals surface area contributed by atoms with E-state index in [4.69, 9.17) is 4.74 Å². The van der Waals surface area contributed by atoms with Crippen molar-refractivity contribution in [1.82, 2.24) is 5.32 Å². The summed E-state index contributed by atoms with van der Waals surface area (Å²) in [6.45, 7) is 0.678. The van der Waals surface area contributed by atoms with E-state index >= 15 is 0 Å². The topological polar surface area (TPSA) is 64.4 Å². The number of nitrogens with one attached hydrogen (secondary N) is 1. The van der Waals surface area contributed by atoms with Gasteiger partial charge in [-0.2, -0.15) is 0 Å². The predicted molar refractivity (Wildman–Crippen MR) is 80.0 cm³/mol. The second kappa shape index (κ2) is 6.64. The molecule has 5 nitrogen and oxygen atoms in total. The predicted octanol–water partition coefficient (Wildman–Crippen LogP) is 4.01. The summed E-state index contributed by atoms with van der Waals surface area (Å²) in [6, 6.07) is 8.44. The fourth-order valence-electron chi connectivity index (χ4n) is 1.77. The van der Waals surface area contributed by atoms with E-state index in [1.54, 1.807) is 12.1 Å². The number of rotatable bonds is 5. The molecule has 0 fully saturated rings. The van der Waals surface area contributed by atoms with Gasteiger partial charge in [0, 0.05) is 11.0 Å². The van der Waals surface area contributed by atoms with Gasteiger partial charge in [-0.15, -0.1) is 0 Å². The third kappa shape index (κ3) is 3.77. The molecular formula is C14H12BrFN2O3. The van der Waals surface area contributed by atoms with E-state index in [9.17, 15) is 14.5 Å². The molecular weight excluding hydrogens is 343 g/mol. The Kier molecular flexibility index (Phi) is 4.87. The normalized spacial score (nSPS) is 10.4. The lowest BCUT2D eigenvalue weighted by atomic mass is 10.2. The number of halogens is 2.